The summed E-state index contributed by atoms with van der Waals surface area (Å²) >= 11 is 0. The molecule has 0 fully saturated rings. The molecular formula is H2CoNNaO2. The van der Waals surface area contributed by atoms with Gasteiger partial charge in [0.05, 0.1) is 0 Å². The van der Waals surface area contributed by atoms with E-state index >= 15 is 0 Å². The molecule has 0 heterocycles. The zero-order valence-electron chi connectivity index (χ0n) is 1.64. The second kappa shape index (κ2) is 20.6. The van der Waals surface area contributed by atoms with E-state index in [-0.39, 0.29) is 46.3 Å². The van der Waals surface area contributed by atoms with Gasteiger partial charge in [0.15, 0.2) is 5.34 Å². The summed E-state index contributed by atoms with van der Waals surface area (Å²) in [6.07, 6.45) is 0. The van der Waals surface area contributed by atoms with Crippen molar-refractivity contribution in [3.63, 3.8) is 0 Å². The minimum atomic E-state index is 0. The summed E-state index contributed by atoms with van der Waals surface area (Å²) < 4.78 is 0. The Morgan fingerprint density at radius 1 is 1.60 bits per heavy atom. The van der Waals surface area contributed by atoms with Crippen molar-refractivity contribution in [2.24, 2.45) is 5.34 Å². The molecule has 0 spiro atoms. The van der Waals surface area contributed by atoms with Crippen molar-refractivity contribution in [3.05, 3.63) is 4.91 Å². The Balaban J connectivity index is -0.0000000200. The van der Waals surface area contributed by atoms with Crippen LogP contribution in [0.15, 0.2) is 5.34 Å². The van der Waals surface area contributed by atoms with Crippen LogP contribution in [0.1, 0.15) is 0 Å². The van der Waals surface area contributed by atoms with Crippen LogP contribution in [0.3, 0.4) is 0 Å². The maximum atomic E-state index is 8.11. The van der Waals surface area contributed by atoms with Crippen molar-refractivity contribution >= 4 is 29.6 Å². The van der Waals surface area contributed by atoms with Gasteiger partial charge < -0.3 is 5.21 Å². The van der Waals surface area contributed by atoms with Crippen molar-refractivity contribution < 1.29 is 22.0 Å². The van der Waals surface area contributed by atoms with Gasteiger partial charge in [-0.15, -0.1) is 4.91 Å². The van der Waals surface area contributed by atoms with Gasteiger partial charge in [0.25, 0.3) is 0 Å². The number of rotatable bonds is 0. The third-order valence-corrected chi connectivity index (χ3v) is 0. The Morgan fingerprint density at radius 2 is 1.60 bits per heavy atom. The Kier molecular flexibility index (Phi) is 69.3. The molecule has 0 bridgehead atoms. The average Bonchev–Trinajstić information content (AvgIpc) is 0.918. The van der Waals surface area contributed by atoms with Crippen LogP contribution < -0.4 is 0 Å². The molecular weight excluding hydrogens is 128 g/mol. The van der Waals surface area contributed by atoms with E-state index in [0.717, 1.165) is 0 Å². The van der Waals surface area contributed by atoms with Crippen molar-refractivity contribution in [1.82, 2.24) is 0 Å². The molecule has 0 amide bonds. The van der Waals surface area contributed by atoms with Crippen molar-refractivity contribution in [1.29, 1.82) is 0 Å². The Labute approximate surface area is 61.6 Å². The molecule has 0 rings (SSSR count). The van der Waals surface area contributed by atoms with Gasteiger partial charge in [0.2, 0.25) is 0 Å². The number of hydrogen-bond acceptors (Lipinski definition) is 2. The fraction of sp³-hybridized carbons (Fsp3) is 0. The first-order valence-corrected chi connectivity index (χ1v) is 0.383. The predicted octanol–water partition coefficient (Wildman–Crippen LogP) is -0.509. The van der Waals surface area contributed by atoms with E-state index in [4.69, 9.17) is 10.1 Å². The summed E-state index contributed by atoms with van der Waals surface area (Å²) in [6, 6.07) is 0. The summed E-state index contributed by atoms with van der Waals surface area (Å²) in [7, 11) is 0. The second-order valence-corrected chi connectivity index (χ2v) is 0.0816. The molecule has 0 unspecified atom stereocenters. The minimum absolute atomic E-state index is 0. The first kappa shape index (κ1) is 16.8. The van der Waals surface area contributed by atoms with Crippen molar-refractivity contribution in [2.45, 2.75) is 0 Å². The third-order valence-electron chi connectivity index (χ3n) is 0. The van der Waals surface area contributed by atoms with Crippen LogP contribution in [0.2, 0.25) is 0 Å². The van der Waals surface area contributed by atoms with Crippen LogP contribution in [0.5, 0.6) is 0 Å². The molecule has 1 radical (unpaired) electrons. The standard InChI is InChI=1S/Co.HNO2.Na.H/c;2-1-3;;/h;(H,2,3);;. The predicted molar refractivity (Wildman–Crippen MR) is 14.7 cm³/mol. The van der Waals surface area contributed by atoms with Gasteiger partial charge in [0.1, 0.15) is 0 Å². The van der Waals surface area contributed by atoms with Crippen LogP contribution >= 0.6 is 0 Å². The monoisotopic (exact) mass is 130 g/mol. The van der Waals surface area contributed by atoms with E-state index in [1.807, 2.05) is 0 Å². The Bertz CT molecular complexity index is 17.1. The SMILES string of the molecule is O=NO.[Co].[NaH]. The van der Waals surface area contributed by atoms with E-state index in [0.29, 0.717) is 0 Å². The summed E-state index contributed by atoms with van der Waals surface area (Å²) in [6.45, 7) is 0. The van der Waals surface area contributed by atoms with Gasteiger partial charge in [0, 0.05) is 16.8 Å². The van der Waals surface area contributed by atoms with E-state index < -0.39 is 0 Å². The molecule has 0 aromatic carbocycles. The molecule has 5 heavy (non-hydrogen) atoms. The first-order valence-electron chi connectivity index (χ1n) is 0.383. The van der Waals surface area contributed by atoms with Crippen LogP contribution in [-0.2, 0) is 16.8 Å². The third kappa shape index (κ3) is 50.4. The fourth-order valence-electron chi connectivity index (χ4n) is 0. The van der Waals surface area contributed by atoms with Crippen molar-refractivity contribution in [2.75, 3.05) is 0 Å². The van der Waals surface area contributed by atoms with Gasteiger partial charge >= 0.3 is 29.6 Å². The zero-order chi connectivity index (χ0) is 2.71. The topological polar surface area (TPSA) is 49.7 Å². The molecule has 0 saturated carbocycles. The van der Waals surface area contributed by atoms with Crippen molar-refractivity contribution in [3.8, 4) is 0 Å². The molecule has 0 atom stereocenters. The summed E-state index contributed by atoms with van der Waals surface area (Å²) in [5, 5.41) is 7.89. The molecule has 1 N–H and O–H groups in total. The molecule has 29 valence electrons. The van der Waals surface area contributed by atoms with Gasteiger partial charge in [-0.3, -0.25) is 0 Å². The molecule has 3 nitrogen and oxygen atoms in total. The van der Waals surface area contributed by atoms with E-state index in [1.54, 1.807) is 0 Å². The van der Waals surface area contributed by atoms with E-state index in [2.05, 4.69) is 0 Å². The van der Waals surface area contributed by atoms with Crippen LogP contribution in [-0.4, -0.2) is 34.8 Å². The molecule has 5 heteroatoms. The maximum absolute atomic E-state index is 8.11. The van der Waals surface area contributed by atoms with Crippen LogP contribution in [0.25, 0.3) is 0 Å². The Hall–Kier alpha value is 0.906. The second-order valence-electron chi connectivity index (χ2n) is 0.0816. The quantitative estimate of drug-likeness (QED) is 0.272. The summed E-state index contributed by atoms with van der Waals surface area (Å²) in [5.41, 5.74) is 0. The molecule has 0 aliphatic rings. The fourth-order valence-corrected chi connectivity index (χ4v) is 0. The average molecular weight is 130 g/mol. The molecule has 0 saturated heterocycles. The molecule has 0 aromatic rings. The van der Waals surface area contributed by atoms with Crippen LogP contribution in [0.4, 0.5) is 0 Å². The van der Waals surface area contributed by atoms with Gasteiger partial charge in [-0.05, 0) is 0 Å². The number of nitrogens with zero attached hydrogens (tertiary/aromatic N) is 1. The zero-order valence-corrected chi connectivity index (χ0v) is 2.68. The van der Waals surface area contributed by atoms with E-state index in [9.17, 15) is 0 Å². The molecule has 0 aliphatic carbocycles. The van der Waals surface area contributed by atoms with Crippen LogP contribution in [0, 0.1) is 4.91 Å². The number of hydrogen-bond donors (Lipinski definition) is 1. The van der Waals surface area contributed by atoms with E-state index in [1.165, 1.54) is 5.34 Å². The van der Waals surface area contributed by atoms with Gasteiger partial charge in [-0.25, -0.2) is 0 Å². The Morgan fingerprint density at radius 3 is 1.60 bits per heavy atom. The molecule has 0 aromatic heterocycles. The normalized spacial score (nSPS) is 2.40. The van der Waals surface area contributed by atoms with Gasteiger partial charge in [-0.2, -0.15) is 0 Å². The van der Waals surface area contributed by atoms with Gasteiger partial charge in [-0.1, -0.05) is 0 Å². The summed E-state index contributed by atoms with van der Waals surface area (Å²) in [4.78, 5) is 8.11. The summed E-state index contributed by atoms with van der Waals surface area (Å²) in [5.74, 6) is 0. The first-order chi connectivity index (χ1) is 1.41. The molecule has 0 aliphatic heterocycles.